The van der Waals surface area contributed by atoms with Crippen LogP contribution >= 0.6 is 23.2 Å². The lowest BCUT2D eigenvalue weighted by Crippen LogP contribution is -2.40. The lowest BCUT2D eigenvalue weighted by atomic mass is 9.94. The number of likely N-dealkylation sites (N-methyl/N-ethyl adjacent to an activating group) is 1. The second kappa shape index (κ2) is 8.55. The summed E-state index contributed by atoms with van der Waals surface area (Å²) >= 11 is 11.8. The molecule has 1 aromatic rings. The fourth-order valence-electron chi connectivity index (χ4n) is 2.79. The molecule has 0 aromatic heterocycles. The summed E-state index contributed by atoms with van der Waals surface area (Å²) in [4.78, 5) is 25.7. The van der Waals surface area contributed by atoms with E-state index in [1.165, 1.54) is 6.42 Å². The predicted octanol–water partition coefficient (Wildman–Crippen LogP) is 3.87. The number of esters is 1. The first-order chi connectivity index (χ1) is 11.0. The average Bonchev–Trinajstić information content (AvgIpc) is 2.55. The number of ether oxygens (including phenoxy) is 1. The van der Waals surface area contributed by atoms with Crippen molar-refractivity contribution in [2.75, 3.05) is 13.7 Å². The number of rotatable bonds is 5. The maximum absolute atomic E-state index is 12.1. The van der Waals surface area contributed by atoms with Crippen LogP contribution in [0.3, 0.4) is 0 Å². The molecule has 2 rings (SSSR count). The third-order valence-electron chi connectivity index (χ3n) is 4.22. The van der Waals surface area contributed by atoms with E-state index in [-0.39, 0.29) is 25.0 Å². The molecule has 1 amide bonds. The molecule has 0 N–H and O–H groups in total. The van der Waals surface area contributed by atoms with Gasteiger partial charge in [0.2, 0.25) is 0 Å². The van der Waals surface area contributed by atoms with Crippen molar-refractivity contribution in [1.82, 2.24) is 4.90 Å². The zero-order chi connectivity index (χ0) is 16.8. The molecule has 23 heavy (non-hydrogen) atoms. The summed E-state index contributed by atoms with van der Waals surface area (Å²) in [6.07, 6.45) is 5.60. The lowest BCUT2D eigenvalue weighted by Gasteiger charge is -2.31. The monoisotopic (exact) mass is 357 g/mol. The summed E-state index contributed by atoms with van der Waals surface area (Å²) in [5.41, 5.74) is 0.633. The topological polar surface area (TPSA) is 46.6 Å². The number of amides is 1. The van der Waals surface area contributed by atoms with Gasteiger partial charge < -0.3 is 9.64 Å². The molecule has 1 fully saturated rings. The van der Waals surface area contributed by atoms with E-state index in [1.807, 2.05) is 0 Å². The Kier molecular flexibility index (Phi) is 6.72. The molecule has 0 unspecified atom stereocenters. The van der Waals surface area contributed by atoms with Crippen molar-refractivity contribution < 1.29 is 14.3 Å². The number of carbonyl (C=O) groups is 2. The van der Waals surface area contributed by atoms with E-state index < -0.39 is 5.97 Å². The van der Waals surface area contributed by atoms with Crippen LogP contribution in [-0.2, 0) is 20.7 Å². The van der Waals surface area contributed by atoms with Crippen LogP contribution in [0.25, 0.3) is 0 Å². The summed E-state index contributed by atoms with van der Waals surface area (Å²) in [7, 11) is 1.78. The fraction of sp³-hybridized carbons (Fsp3) is 0.529. The Morgan fingerprint density at radius 3 is 2.57 bits per heavy atom. The van der Waals surface area contributed by atoms with Crippen molar-refractivity contribution in [3.63, 3.8) is 0 Å². The van der Waals surface area contributed by atoms with E-state index in [2.05, 4.69) is 0 Å². The van der Waals surface area contributed by atoms with Crippen LogP contribution < -0.4 is 0 Å². The van der Waals surface area contributed by atoms with Gasteiger partial charge in [-0.3, -0.25) is 9.59 Å². The number of hydrogen-bond donors (Lipinski definition) is 0. The van der Waals surface area contributed by atoms with Crippen LogP contribution in [0.1, 0.15) is 37.7 Å². The van der Waals surface area contributed by atoms with Crippen molar-refractivity contribution in [2.24, 2.45) is 0 Å². The molecule has 0 heterocycles. The number of halogens is 2. The molecule has 0 spiro atoms. The van der Waals surface area contributed by atoms with E-state index >= 15 is 0 Å². The van der Waals surface area contributed by atoms with E-state index in [9.17, 15) is 9.59 Å². The highest BCUT2D eigenvalue weighted by Crippen LogP contribution is 2.22. The van der Waals surface area contributed by atoms with Gasteiger partial charge >= 0.3 is 5.97 Å². The Morgan fingerprint density at radius 2 is 1.91 bits per heavy atom. The van der Waals surface area contributed by atoms with Gasteiger partial charge in [-0.15, -0.1) is 0 Å². The predicted molar refractivity (Wildman–Crippen MR) is 90.8 cm³/mol. The minimum absolute atomic E-state index is 0.0242. The van der Waals surface area contributed by atoms with Crippen molar-refractivity contribution in [3.05, 3.63) is 33.8 Å². The van der Waals surface area contributed by atoms with E-state index in [0.29, 0.717) is 15.6 Å². The van der Waals surface area contributed by atoms with Gasteiger partial charge in [-0.2, -0.15) is 0 Å². The number of hydrogen-bond acceptors (Lipinski definition) is 3. The van der Waals surface area contributed by atoms with Gasteiger partial charge in [0.15, 0.2) is 6.61 Å². The SMILES string of the molecule is CN(C(=O)COC(=O)Cc1ccc(Cl)cc1Cl)C1CCCCC1. The molecular weight excluding hydrogens is 337 g/mol. The van der Waals surface area contributed by atoms with Crippen molar-refractivity contribution in [3.8, 4) is 0 Å². The van der Waals surface area contributed by atoms with Gasteiger partial charge in [0.05, 0.1) is 6.42 Å². The largest absolute Gasteiger partial charge is 0.455 e. The van der Waals surface area contributed by atoms with Gasteiger partial charge in [0.25, 0.3) is 5.91 Å². The maximum atomic E-state index is 12.1. The van der Waals surface area contributed by atoms with Gasteiger partial charge in [0, 0.05) is 23.1 Å². The summed E-state index contributed by atoms with van der Waals surface area (Å²) in [6.45, 7) is -0.225. The summed E-state index contributed by atoms with van der Waals surface area (Å²) < 4.78 is 5.08. The van der Waals surface area contributed by atoms with Crippen LogP contribution in [-0.4, -0.2) is 36.5 Å². The second-order valence-corrected chi connectivity index (χ2v) is 6.71. The summed E-state index contributed by atoms with van der Waals surface area (Å²) in [5, 5.41) is 0.927. The number of nitrogens with zero attached hydrogens (tertiary/aromatic N) is 1. The third-order valence-corrected chi connectivity index (χ3v) is 4.81. The zero-order valence-electron chi connectivity index (χ0n) is 13.2. The molecule has 0 bridgehead atoms. The first kappa shape index (κ1) is 18.1. The highest BCUT2D eigenvalue weighted by atomic mass is 35.5. The molecular formula is C17H21Cl2NO3. The standard InChI is InChI=1S/C17H21Cl2NO3/c1-20(14-5-3-2-4-6-14)16(21)11-23-17(22)9-12-7-8-13(18)10-15(12)19/h7-8,10,14H,2-6,9,11H2,1H3. The molecule has 0 atom stereocenters. The molecule has 1 saturated carbocycles. The van der Waals surface area contributed by atoms with Gasteiger partial charge in [-0.25, -0.2) is 0 Å². The third kappa shape index (κ3) is 5.40. The van der Waals surface area contributed by atoms with E-state index in [4.69, 9.17) is 27.9 Å². The Labute approximate surface area is 146 Å². The Balaban J connectivity index is 1.80. The number of benzene rings is 1. The molecule has 0 saturated heterocycles. The quantitative estimate of drug-likeness (QED) is 0.751. The van der Waals surface area contributed by atoms with Gasteiger partial charge in [0.1, 0.15) is 0 Å². The molecule has 0 radical (unpaired) electrons. The Bertz CT molecular complexity index is 571. The van der Waals surface area contributed by atoms with Crippen LogP contribution in [0.4, 0.5) is 0 Å². The van der Waals surface area contributed by atoms with Crippen molar-refractivity contribution in [2.45, 2.75) is 44.6 Å². The molecule has 1 aliphatic carbocycles. The van der Waals surface area contributed by atoms with Gasteiger partial charge in [-0.1, -0.05) is 48.5 Å². The Hall–Kier alpha value is -1.26. The number of carbonyl (C=O) groups excluding carboxylic acids is 2. The van der Waals surface area contributed by atoms with E-state index in [0.717, 1.165) is 25.7 Å². The highest BCUT2D eigenvalue weighted by molar-refractivity contribution is 6.35. The molecule has 1 aliphatic rings. The first-order valence-electron chi connectivity index (χ1n) is 7.82. The first-order valence-corrected chi connectivity index (χ1v) is 8.58. The molecule has 0 aliphatic heterocycles. The minimum Gasteiger partial charge on any atom is -0.455 e. The molecule has 126 valence electrons. The minimum atomic E-state index is -0.473. The van der Waals surface area contributed by atoms with Crippen LogP contribution in [0.2, 0.25) is 10.0 Å². The Morgan fingerprint density at radius 1 is 1.22 bits per heavy atom. The molecule has 4 nitrogen and oxygen atoms in total. The highest BCUT2D eigenvalue weighted by Gasteiger charge is 2.22. The van der Waals surface area contributed by atoms with Crippen LogP contribution in [0.15, 0.2) is 18.2 Å². The summed E-state index contributed by atoms with van der Waals surface area (Å²) in [6, 6.07) is 5.19. The smallest absolute Gasteiger partial charge is 0.310 e. The zero-order valence-corrected chi connectivity index (χ0v) is 14.7. The fourth-order valence-corrected chi connectivity index (χ4v) is 3.26. The molecule has 6 heteroatoms. The second-order valence-electron chi connectivity index (χ2n) is 5.87. The maximum Gasteiger partial charge on any atom is 0.310 e. The molecule has 1 aromatic carbocycles. The normalized spacial score (nSPS) is 15.3. The van der Waals surface area contributed by atoms with E-state index in [1.54, 1.807) is 30.1 Å². The lowest BCUT2D eigenvalue weighted by molar-refractivity contribution is -0.152. The van der Waals surface area contributed by atoms with Gasteiger partial charge in [-0.05, 0) is 30.5 Å². The van der Waals surface area contributed by atoms with Crippen molar-refractivity contribution >= 4 is 35.1 Å². The van der Waals surface area contributed by atoms with Crippen LogP contribution in [0, 0.1) is 0 Å². The summed E-state index contributed by atoms with van der Waals surface area (Å²) in [5.74, 6) is -0.632. The van der Waals surface area contributed by atoms with Crippen LogP contribution in [0.5, 0.6) is 0 Å². The van der Waals surface area contributed by atoms with Crippen molar-refractivity contribution in [1.29, 1.82) is 0 Å². The average molecular weight is 358 g/mol.